The Morgan fingerprint density at radius 3 is 2.56 bits per heavy atom. The normalized spacial score (nSPS) is 10.3. The highest BCUT2D eigenvalue weighted by atomic mass is 16.5. The summed E-state index contributed by atoms with van der Waals surface area (Å²) < 4.78 is 4.99. The monoisotopic (exact) mass is 250 g/mol. The summed E-state index contributed by atoms with van der Waals surface area (Å²) in [5.74, 6) is -0.0426. The minimum absolute atomic E-state index is 0.0426. The third-order valence-electron chi connectivity index (χ3n) is 2.56. The second-order valence-corrected chi connectivity index (χ2v) is 4.25. The van der Waals surface area contributed by atoms with Crippen LogP contribution in [0.1, 0.15) is 25.3 Å². The highest BCUT2D eigenvalue weighted by Gasteiger charge is 1.96. The van der Waals surface area contributed by atoms with Crippen LogP contribution in [0.5, 0.6) is 0 Å². The Morgan fingerprint density at radius 2 is 1.94 bits per heavy atom. The van der Waals surface area contributed by atoms with Gasteiger partial charge in [0.25, 0.3) is 0 Å². The van der Waals surface area contributed by atoms with Gasteiger partial charge in [-0.1, -0.05) is 12.1 Å². The summed E-state index contributed by atoms with van der Waals surface area (Å²) in [6.45, 7) is 4.19. The van der Waals surface area contributed by atoms with Crippen molar-refractivity contribution in [1.82, 2.24) is 5.32 Å². The molecule has 0 unspecified atom stereocenters. The van der Waals surface area contributed by atoms with Gasteiger partial charge in [0, 0.05) is 32.9 Å². The van der Waals surface area contributed by atoms with E-state index in [0.717, 1.165) is 38.2 Å². The zero-order valence-corrected chi connectivity index (χ0v) is 11.2. The second-order valence-electron chi connectivity index (χ2n) is 4.25. The number of rotatable bonds is 8. The van der Waals surface area contributed by atoms with Crippen molar-refractivity contribution < 1.29 is 9.53 Å². The van der Waals surface area contributed by atoms with Gasteiger partial charge in [-0.15, -0.1) is 0 Å². The van der Waals surface area contributed by atoms with E-state index in [-0.39, 0.29) is 5.91 Å². The Bertz CT molecular complexity index is 349. The number of hydrogen-bond acceptors (Lipinski definition) is 3. The van der Waals surface area contributed by atoms with E-state index >= 15 is 0 Å². The maximum atomic E-state index is 10.9. The van der Waals surface area contributed by atoms with E-state index in [9.17, 15) is 4.79 Å². The molecule has 4 nitrogen and oxygen atoms in total. The molecule has 0 heterocycles. The maximum absolute atomic E-state index is 10.9. The Balaban J connectivity index is 2.20. The fourth-order valence-corrected chi connectivity index (χ4v) is 1.64. The van der Waals surface area contributed by atoms with Gasteiger partial charge in [0.15, 0.2) is 0 Å². The first-order valence-electron chi connectivity index (χ1n) is 6.28. The molecule has 100 valence electrons. The number of ether oxygens (including phenoxy) is 1. The van der Waals surface area contributed by atoms with E-state index in [2.05, 4.69) is 10.6 Å². The average molecular weight is 250 g/mol. The molecule has 0 spiro atoms. The smallest absolute Gasteiger partial charge is 0.221 e. The quantitative estimate of drug-likeness (QED) is 0.695. The van der Waals surface area contributed by atoms with Crippen LogP contribution in [0.4, 0.5) is 5.69 Å². The van der Waals surface area contributed by atoms with Crippen LogP contribution in [0.3, 0.4) is 0 Å². The number of amides is 1. The fraction of sp³-hybridized carbons (Fsp3) is 0.500. The van der Waals surface area contributed by atoms with Crippen LogP contribution < -0.4 is 10.6 Å². The van der Waals surface area contributed by atoms with Crippen molar-refractivity contribution in [2.75, 3.05) is 25.6 Å². The van der Waals surface area contributed by atoms with Crippen molar-refractivity contribution >= 4 is 11.6 Å². The minimum atomic E-state index is -0.0426. The summed E-state index contributed by atoms with van der Waals surface area (Å²) in [5.41, 5.74) is 2.06. The molecule has 18 heavy (non-hydrogen) atoms. The summed E-state index contributed by atoms with van der Waals surface area (Å²) in [7, 11) is 1.73. The first-order valence-corrected chi connectivity index (χ1v) is 6.28. The minimum Gasteiger partial charge on any atom is -0.385 e. The van der Waals surface area contributed by atoms with E-state index in [1.54, 1.807) is 7.11 Å². The zero-order valence-electron chi connectivity index (χ0n) is 11.2. The van der Waals surface area contributed by atoms with Crippen LogP contribution in [-0.4, -0.2) is 26.2 Å². The number of hydrogen-bond donors (Lipinski definition) is 2. The first kappa shape index (κ1) is 14.7. The van der Waals surface area contributed by atoms with Crippen molar-refractivity contribution in [3.63, 3.8) is 0 Å². The van der Waals surface area contributed by atoms with Crippen molar-refractivity contribution in [2.24, 2.45) is 0 Å². The van der Waals surface area contributed by atoms with Gasteiger partial charge in [0.1, 0.15) is 0 Å². The van der Waals surface area contributed by atoms with Gasteiger partial charge in [0.2, 0.25) is 5.91 Å². The highest BCUT2D eigenvalue weighted by molar-refractivity contribution is 5.88. The number of methoxy groups -OCH3 is 1. The molecule has 1 amide bonds. The molecule has 1 aromatic carbocycles. The van der Waals surface area contributed by atoms with Crippen molar-refractivity contribution in [1.29, 1.82) is 0 Å². The second kappa shape index (κ2) is 8.66. The predicted molar refractivity (Wildman–Crippen MR) is 73.6 cm³/mol. The average Bonchev–Trinajstić information content (AvgIpc) is 2.35. The lowest BCUT2D eigenvalue weighted by atomic mass is 10.2. The molecule has 0 saturated heterocycles. The van der Waals surface area contributed by atoms with Gasteiger partial charge in [-0.05, 0) is 37.1 Å². The molecule has 4 heteroatoms. The van der Waals surface area contributed by atoms with E-state index < -0.39 is 0 Å². The third-order valence-corrected chi connectivity index (χ3v) is 2.56. The molecule has 0 fully saturated rings. The maximum Gasteiger partial charge on any atom is 0.221 e. The molecule has 2 N–H and O–H groups in total. The molecule has 0 aliphatic rings. The van der Waals surface area contributed by atoms with Gasteiger partial charge in [-0.3, -0.25) is 4.79 Å². The summed E-state index contributed by atoms with van der Waals surface area (Å²) in [5, 5.41) is 6.13. The molecule has 0 aliphatic heterocycles. The molecule has 0 aromatic heterocycles. The number of anilines is 1. The lowest BCUT2D eigenvalue weighted by Gasteiger charge is -2.06. The zero-order chi connectivity index (χ0) is 13.2. The van der Waals surface area contributed by atoms with Crippen molar-refractivity contribution in [3.8, 4) is 0 Å². The van der Waals surface area contributed by atoms with Crippen LogP contribution in [0.15, 0.2) is 24.3 Å². The predicted octanol–water partition coefficient (Wildman–Crippen LogP) is 2.16. The number of nitrogens with one attached hydrogen (secondary N) is 2. The Morgan fingerprint density at radius 1 is 1.22 bits per heavy atom. The standard InChI is InChI=1S/C14H22N2O2/c1-12(17)16-14-7-5-13(6-8-14)11-15-9-3-4-10-18-2/h5-8,15H,3-4,9-11H2,1-2H3,(H,16,17). The van der Waals surface area contributed by atoms with Gasteiger partial charge in [-0.25, -0.2) is 0 Å². The number of carbonyl (C=O) groups excluding carboxylic acids is 1. The Hall–Kier alpha value is -1.39. The largest absolute Gasteiger partial charge is 0.385 e. The van der Waals surface area contributed by atoms with Gasteiger partial charge < -0.3 is 15.4 Å². The van der Waals surface area contributed by atoms with Crippen LogP contribution in [0.25, 0.3) is 0 Å². The number of carbonyl (C=O) groups is 1. The van der Waals surface area contributed by atoms with E-state index in [0.29, 0.717) is 0 Å². The SMILES string of the molecule is COCCCCNCc1ccc(NC(C)=O)cc1. The van der Waals surface area contributed by atoms with Crippen molar-refractivity contribution in [3.05, 3.63) is 29.8 Å². The highest BCUT2D eigenvalue weighted by Crippen LogP contribution is 2.09. The molecule has 0 radical (unpaired) electrons. The summed E-state index contributed by atoms with van der Waals surface area (Å²) >= 11 is 0. The van der Waals surface area contributed by atoms with Crippen LogP contribution in [-0.2, 0) is 16.1 Å². The Labute approximate surface area is 109 Å². The van der Waals surface area contributed by atoms with Crippen LogP contribution >= 0.6 is 0 Å². The first-order chi connectivity index (χ1) is 8.72. The fourth-order valence-electron chi connectivity index (χ4n) is 1.64. The van der Waals surface area contributed by atoms with Gasteiger partial charge in [-0.2, -0.15) is 0 Å². The topological polar surface area (TPSA) is 50.4 Å². The van der Waals surface area contributed by atoms with Gasteiger partial charge >= 0.3 is 0 Å². The third kappa shape index (κ3) is 6.37. The molecular formula is C14H22N2O2. The Kier molecular flexibility index (Phi) is 7.06. The molecule has 0 aliphatic carbocycles. The lowest BCUT2D eigenvalue weighted by Crippen LogP contribution is -2.15. The van der Waals surface area contributed by atoms with Crippen LogP contribution in [0.2, 0.25) is 0 Å². The summed E-state index contributed by atoms with van der Waals surface area (Å²) in [6, 6.07) is 7.88. The molecule has 0 saturated carbocycles. The summed E-state index contributed by atoms with van der Waals surface area (Å²) in [6.07, 6.45) is 2.21. The molecule has 1 aromatic rings. The molecular weight excluding hydrogens is 228 g/mol. The van der Waals surface area contributed by atoms with Crippen LogP contribution in [0, 0.1) is 0 Å². The lowest BCUT2D eigenvalue weighted by molar-refractivity contribution is -0.114. The number of unbranched alkanes of at least 4 members (excludes halogenated alkanes) is 1. The molecule has 0 bridgehead atoms. The molecule has 0 atom stereocenters. The van der Waals surface area contributed by atoms with Gasteiger partial charge in [0.05, 0.1) is 0 Å². The van der Waals surface area contributed by atoms with E-state index in [1.807, 2.05) is 24.3 Å². The molecule has 1 rings (SSSR count). The van der Waals surface area contributed by atoms with E-state index in [4.69, 9.17) is 4.74 Å². The number of benzene rings is 1. The summed E-state index contributed by atoms with van der Waals surface area (Å²) in [4.78, 5) is 10.9. The van der Waals surface area contributed by atoms with Crippen molar-refractivity contribution in [2.45, 2.75) is 26.3 Å². The van der Waals surface area contributed by atoms with E-state index in [1.165, 1.54) is 12.5 Å².